The van der Waals surface area contributed by atoms with Crippen LogP contribution in [0.3, 0.4) is 0 Å². The van der Waals surface area contributed by atoms with Gasteiger partial charge in [0.25, 0.3) is 11.5 Å². The van der Waals surface area contributed by atoms with Crippen molar-refractivity contribution in [1.82, 2.24) is 14.5 Å². The molecule has 8 nitrogen and oxygen atoms in total. The fourth-order valence-corrected chi connectivity index (χ4v) is 4.42. The number of methoxy groups -OCH3 is 3. The van der Waals surface area contributed by atoms with Crippen LogP contribution in [-0.2, 0) is 0 Å². The van der Waals surface area contributed by atoms with Crippen molar-refractivity contribution >= 4 is 16.8 Å². The van der Waals surface area contributed by atoms with Gasteiger partial charge in [-0.3, -0.25) is 14.2 Å². The number of carbonyl (C=O) groups is 1. The minimum atomic E-state index is -0.278. The van der Waals surface area contributed by atoms with Crippen LogP contribution < -0.4 is 19.8 Å². The summed E-state index contributed by atoms with van der Waals surface area (Å²) < 4.78 is 17.7. The SMILES string of the molecule is COc1ccc2c(c1)C(=O)N1CCC[C@H]1c1nc3c(OC)cc(OC)cc3c(=O)n1-2. The molecule has 154 valence electrons. The van der Waals surface area contributed by atoms with E-state index in [-0.39, 0.29) is 17.5 Å². The fourth-order valence-electron chi connectivity index (χ4n) is 4.42. The van der Waals surface area contributed by atoms with Crippen LogP contribution in [0, 0.1) is 0 Å². The molecule has 2 aliphatic heterocycles. The van der Waals surface area contributed by atoms with Gasteiger partial charge in [-0.1, -0.05) is 0 Å². The number of amides is 1. The van der Waals surface area contributed by atoms with Crippen LogP contribution in [0.15, 0.2) is 35.1 Å². The van der Waals surface area contributed by atoms with Gasteiger partial charge in [0.15, 0.2) is 0 Å². The van der Waals surface area contributed by atoms with Crippen LogP contribution in [0.2, 0.25) is 0 Å². The summed E-state index contributed by atoms with van der Waals surface area (Å²) >= 11 is 0. The molecule has 2 aromatic carbocycles. The van der Waals surface area contributed by atoms with Crippen molar-refractivity contribution in [1.29, 1.82) is 0 Å². The van der Waals surface area contributed by atoms with E-state index in [1.54, 1.807) is 46.9 Å². The van der Waals surface area contributed by atoms with E-state index >= 15 is 0 Å². The van der Waals surface area contributed by atoms with Crippen molar-refractivity contribution in [3.63, 3.8) is 0 Å². The van der Waals surface area contributed by atoms with Gasteiger partial charge in [0, 0.05) is 12.6 Å². The van der Waals surface area contributed by atoms with Gasteiger partial charge in [-0.05, 0) is 37.1 Å². The van der Waals surface area contributed by atoms with Crippen LogP contribution in [0.5, 0.6) is 17.2 Å². The average molecular weight is 407 g/mol. The molecule has 0 saturated carbocycles. The Morgan fingerprint density at radius 2 is 1.80 bits per heavy atom. The van der Waals surface area contributed by atoms with E-state index in [2.05, 4.69) is 0 Å². The van der Waals surface area contributed by atoms with Gasteiger partial charge in [-0.2, -0.15) is 0 Å². The molecule has 30 heavy (non-hydrogen) atoms. The van der Waals surface area contributed by atoms with Gasteiger partial charge >= 0.3 is 0 Å². The van der Waals surface area contributed by atoms with E-state index in [4.69, 9.17) is 19.2 Å². The molecule has 0 radical (unpaired) electrons. The topological polar surface area (TPSA) is 82.9 Å². The summed E-state index contributed by atoms with van der Waals surface area (Å²) in [5.74, 6) is 1.95. The third-order valence-electron chi connectivity index (χ3n) is 5.88. The Hall–Kier alpha value is -3.55. The lowest BCUT2D eigenvalue weighted by Crippen LogP contribution is -2.31. The predicted molar refractivity (Wildman–Crippen MR) is 110 cm³/mol. The van der Waals surface area contributed by atoms with Crippen molar-refractivity contribution in [2.75, 3.05) is 27.9 Å². The number of fused-ring (bicyclic) bond motifs is 6. The van der Waals surface area contributed by atoms with E-state index in [0.29, 0.717) is 51.8 Å². The molecule has 0 spiro atoms. The van der Waals surface area contributed by atoms with E-state index in [0.717, 1.165) is 12.8 Å². The minimum Gasteiger partial charge on any atom is -0.497 e. The maximum atomic E-state index is 13.7. The molecule has 1 fully saturated rings. The van der Waals surface area contributed by atoms with Crippen molar-refractivity contribution in [2.24, 2.45) is 0 Å². The highest BCUT2D eigenvalue weighted by atomic mass is 16.5. The number of nitrogens with zero attached hydrogens (tertiary/aromatic N) is 3. The summed E-state index contributed by atoms with van der Waals surface area (Å²) in [6, 6.07) is 8.26. The van der Waals surface area contributed by atoms with Crippen LogP contribution >= 0.6 is 0 Å². The number of benzene rings is 2. The Kier molecular flexibility index (Phi) is 4.16. The van der Waals surface area contributed by atoms with Crippen molar-refractivity contribution in [3.8, 4) is 22.9 Å². The first-order valence-corrected chi connectivity index (χ1v) is 9.75. The normalized spacial score (nSPS) is 17.2. The van der Waals surface area contributed by atoms with Gasteiger partial charge in [0.05, 0.1) is 44.0 Å². The first kappa shape index (κ1) is 18.5. The smallest absolute Gasteiger partial charge is 0.266 e. The molecule has 0 unspecified atom stereocenters. The third kappa shape index (κ3) is 2.49. The highest BCUT2D eigenvalue weighted by Crippen LogP contribution is 2.39. The molecule has 1 amide bonds. The molecule has 1 saturated heterocycles. The Labute approximate surface area is 172 Å². The van der Waals surface area contributed by atoms with E-state index < -0.39 is 0 Å². The van der Waals surface area contributed by atoms with Crippen molar-refractivity contribution in [3.05, 3.63) is 52.1 Å². The van der Waals surface area contributed by atoms with Gasteiger partial charge < -0.3 is 19.1 Å². The Morgan fingerprint density at radius 3 is 2.53 bits per heavy atom. The molecule has 8 heteroatoms. The first-order valence-electron chi connectivity index (χ1n) is 9.75. The minimum absolute atomic E-state index is 0.120. The summed E-state index contributed by atoms with van der Waals surface area (Å²) in [5, 5.41) is 0.371. The van der Waals surface area contributed by atoms with Crippen LogP contribution in [0.1, 0.15) is 35.1 Å². The van der Waals surface area contributed by atoms with Crippen LogP contribution in [-0.4, -0.2) is 48.2 Å². The molecule has 5 rings (SSSR count). The van der Waals surface area contributed by atoms with E-state index in [1.165, 1.54) is 14.2 Å². The Bertz CT molecular complexity index is 1250. The van der Waals surface area contributed by atoms with Gasteiger partial charge in [-0.25, -0.2) is 4.98 Å². The number of rotatable bonds is 3. The summed E-state index contributed by atoms with van der Waals surface area (Å²) in [7, 11) is 4.62. The van der Waals surface area contributed by atoms with Crippen molar-refractivity contribution < 1.29 is 19.0 Å². The average Bonchev–Trinajstić information content (AvgIpc) is 3.24. The molecule has 0 bridgehead atoms. The van der Waals surface area contributed by atoms with Crippen molar-refractivity contribution in [2.45, 2.75) is 18.9 Å². The second kappa shape index (κ2) is 6.76. The molecule has 1 aromatic heterocycles. The standard InChI is InChI=1S/C22H21N3O5/c1-28-12-6-7-16-14(9-12)21(26)24-8-4-5-17(24)20-23-19-15(22(27)25(16)20)10-13(29-2)11-18(19)30-3/h6-7,9-11,17H,4-5,8H2,1-3H3/t17-/m0/s1. The monoisotopic (exact) mass is 407 g/mol. The lowest BCUT2D eigenvalue weighted by molar-refractivity contribution is 0.0735. The van der Waals surface area contributed by atoms with E-state index in [9.17, 15) is 9.59 Å². The number of hydrogen-bond donors (Lipinski definition) is 0. The maximum Gasteiger partial charge on any atom is 0.266 e. The second-order valence-corrected chi connectivity index (χ2v) is 7.38. The fraction of sp³-hybridized carbons (Fsp3) is 0.318. The second-order valence-electron chi connectivity index (χ2n) is 7.38. The lowest BCUT2D eigenvalue weighted by atomic mass is 10.1. The molecule has 0 N–H and O–H groups in total. The van der Waals surface area contributed by atoms with Crippen LogP contribution in [0.4, 0.5) is 0 Å². The largest absolute Gasteiger partial charge is 0.497 e. The molecule has 0 aliphatic carbocycles. The molecule has 2 aliphatic rings. The quantitative estimate of drug-likeness (QED) is 0.664. The summed E-state index contributed by atoms with van der Waals surface area (Å²) in [6.07, 6.45) is 1.59. The van der Waals surface area contributed by atoms with Crippen LogP contribution in [0.25, 0.3) is 16.6 Å². The number of aromatic nitrogens is 2. The molecule has 1 atom stereocenters. The highest BCUT2D eigenvalue weighted by molar-refractivity contribution is 5.99. The summed E-state index contributed by atoms with van der Waals surface area (Å²) in [5.41, 5.74) is 1.13. The third-order valence-corrected chi connectivity index (χ3v) is 5.88. The Balaban J connectivity index is 1.92. The van der Waals surface area contributed by atoms with E-state index in [1.807, 2.05) is 0 Å². The lowest BCUT2D eigenvalue weighted by Gasteiger charge is -2.23. The number of carbonyl (C=O) groups excluding carboxylic acids is 1. The molecular weight excluding hydrogens is 386 g/mol. The zero-order valence-corrected chi connectivity index (χ0v) is 17.0. The summed E-state index contributed by atoms with van der Waals surface area (Å²) in [6.45, 7) is 0.619. The van der Waals surface area contributed by atoms with Gasteiger partial charge in [0.2, 0.25) is 0 Å². The first-order chi connectivity index (χ1) is 14.6. The highest BCUT2D eigenvalue weighted by Gasteiger charge is 2.39. The zero-order chi connectivity index (χ0) is 21.0. The van der Waals surface area contributed by atoms with Gasteiger partial charge in [-0.15, -0.1) is 0 Å². The zero-order valence-electron chi connectivity index (χ0n) is 17.0. The maximum absolute atomic E-state index is 13.7. The number of ether oxygens (including phenoxy) is 3. The molecule has 3 heterocycles. The Morgan fingerprint density at radius 1 is 1.00 bits per heavy atom. The summed E-state index contributed by atoms with van der Waals surface area (Å²) in [4.78, 5) is 33.7. The molecule has 3 aromatic rings. The van der Waals surface area contributed by atoms with Gasteiger partial charge in [0.1, 0.15) is 28.6 Å². The number of hydrogen-bond acceptors (Lipinski definition) is 6. The predicted octanol–water partition coefficient (Wildman–Crippen LogP) is 2.70. The molecular formula is C22H21N3O5.